The number of nitrogens with one attached hydrogen (secondary N) is 1. The highest BCUT2D eigenvalue weighted by Gasteiger charge is 2.19. The van der Waals surface area contributed by atoms with E-state index in [0.29, 0.717) is 19.6 Å². The second kappa shape index (κ2) is 9.92. The SMILES string of the molecule is O=C(C=Cc1ccccc1)N1CCN(c2ccc(NCC(O)CO)cc2)CC1. The standard InChI is InChI=1S/C22H27N3O3/c26-17-21(27)16-23-19-7-9-20(10-8-19)24-12-14-25(15-13-24)22(28)11-6-18-4-2-1-3-5-18/h1-11,21,23,26-27H,12-17H2. The van der Waals surface area contributed by atoms with Crippen LogP contribution in [0.25, 0.3) is 6.08 Å². The molecule has 0 aliphatic carbocycles. The molecule has 6 heteroatoms. The molecule has 2 aromatic rings. The van der Waals surface area contributed by atoms with E-state index < -0.39 is 6.10 Å². The number of carbonyl (C=O) groups is 1. The summed E-state index contributed by atoms with van der Waals surface area (Å²) in [5, 5.41) is 21.3. The first-order chi connectivity index (χ1) is 13.7. The van der Waals surface area contributed by atoms with Crippen LogP contribution in [0.15, 0.2) is 60.7 Å². The Morgan fingerprint density at radius 2 is 1.71 bits per heavy atom. The van der Waals surface area contributed by atoms with Crippen molar-refractivity contribution in [1.82, 2.24) is 4.90 Å². The molecule has 2 aromatic carbocycles. The van der Waals surface area contributed by atoms with Gasteiger partial charge in [-0.05, 0) is 35.9 Å². The lowest BCUT2D eigenvalue weighted by Crippen LogP contribution is -2.48. The van der Waals surface area contributed by atoms with Gasteiger partial charge in [-0.2, -0.15) is 0 Å². The van der Waals surface area contributed by atoms with Crippen molar-refractivity contribution in [3.8, 4) is 0 Å². The van der Waals surface area contributed by atoms with Crippen LogP contribution in [-0.4, -0.2) is 66.5 Å². The van der Waals surface area contributed by atoms with Gasteiger partial charge >= 0.3 is 0 Å². The number of amides is 1. The number of anilines is 2. The van der Waals surface area contributed by atoms with Gasteiger partial charge in [0.1, 0.15) is 0 Å². The summed E-state index contributed by atoms with van der Waals surface area (Å²) in [5.74, 6) is 0.0468. The number of aliphatic hydroxyl groups excluding tert-OH is 2. The number of rotatable bonds is 7. The molecule has 0 aromatic heterocycles. The Morgan fingerprint density at radius 1 is 1.04 bits per heavy atom. The summed E-state index contributed by atoms with van der Waals surface area (Å²) in [6.07, 6.45) is 2.74. The Hall–Kier alpha value is -2.83. The lowest BCUT2D eigenvalue weighted by atomic mass is 10.2. The first-order valence-electron chi connectivity index (χ1n) is 9.55. The zero-order valence-electron chi connectivity index (χ0n) is 15.9. The van der Waals surface area contributed by atoms with Crippen molar-refractivity contribution in [2.75, 3.05) is 49.5 Å². The smallest absolute Gasteiger partial charge is 0.246 e. The van der Waals surface area contributed by atoms with Gasteiger partial charge in [0.15, 0.2) is 0 Å². The van der Waals surface area contributed by atoms with Crippen LogP contribution in [0, 0.1) is 0 Å². The van der Waals surface area contributed by atoms with E-state index in [4.69, 9.17) is 5.11 Å². The highest BCUT2D eigenvalue weighted by Crippen LogP contribution is 2.19. The fraction of sp³-hybridized carbons (Fsp3) is 0.318. The summed E-state index contributed by atoms with van der Waals surface area (Å²) < 4.78 is 0. The molecule has 1 fully saturated rings. The molecule has 1 aliphatic rings. The Bertz CT molecular complexity index is 769. The average Bonchev–Trinajstić information content (AvgIpc) is 2.77. The Kier molecular flexibility index (Phi) is 7.06. The molecule has 0 saturated carbocycles. The highest BCUT2D eigenvalue weighted by atomic mass is 16.3. The van der Waals surface area contributed by atoms with Gasteiger partial charge in [-0.1, -0.05) is 30.3 Å². The van der Waals surface area contributed by atoms with Crippen LogP contribution in [0.1, 0.15) is 5.56 Å². The topological polar surface area (TPSA) is 76.0 Å². The van der Waals surface area contributed by atoms with Crippen molar-refractivity contribution >= 4 is 23.4 Å². The van der Waals surface area contributed by atoms with Gasteiger partial charge in [-0.25, -0.2) is 0 Å². The van der Waals surface area contributed by atoms with Gasteiger partial charge in [0.05, 0.1) is 12.7 Å². The molecule has 6 nitrogen and oxygen atoms in total. The van der Waals surface area contributed by atoms with Crippen LogP contribution in [0.5, 0.6) is 0 Å². The molecule has 1 heterocycles. The van der Waals surface area contributed by atoms with Crippen LogP contribution in [0.2, 0.25) is 0 Å². The van der Waals surface area contributed by atoms with Gasteiger partial charge in [0.25, 0.3) is 0 Å². The summed E-state index contributed by atoms with van der Waals surface area (Å²) in [6, 6.07) is 17.8. The summed E-state index contributed by atoms with van der Waals surface area (Å²) in [7, 11) is 0. The van der Waals surface area contributed by atoms with Crippen LogP contribution < -0.4 is 10.2 Å². The third-order valence-corrected chi connectivity index (χ3v) is 4.79. The zero-order chi connectivity index (χ0) is 19.8. The van der Waals surface area contributed by atoms with Crippen LogP contribution >= 0.6 is 0 Å². The lowest BCUT2D eigenvalue weighted by Gasteiger charge is -2.35. The second-order valence-corrected chi connectivity index (χ2v) is 6.82. The van der Waals surface area contributed by atoms with Gasteiger partial charge in [0, 0.05) is 50.2 Å². The summed E-state index contributed by atoms with van der Waals surface area (Å²) >= 11 is 0. The van der Waals surface area contributed by atoms with Gasteiger partial charge in [0.2, 0.25) is 5.91 Å². The maximum absolute atomic E-state index is 12.4. The number of hydrogen-bond donors (Lipinski definition) is 3. The Balaban J connectivity index is 1.48. The van der Waals surface area contributed by atoms with E-state index in [0.717, 1.165) is 30.0 Å². The van der Waals surface area contributed by atoms with E-state index >= 15 is 0 Å². The first-order valence-corrected chi connectivity index (χ1v) is 9.55. The third-order valence-electron chi connectivity index (χ3n) is 4.79. The van der Waals surface area contributed by atoms with Crippen molar-refractivity contribution in [1.29, 1.82) is 0 Å². The first kappa shape index (κ1) is 19.9. The fourth-order valence-electron chi connectivity index (χ4n) is 3.11. The molecule has 1 aliphatic heterocycles. The molecule has 148 valence electrons. The minimum atomic E-state index is -0.763. The third kappa shape index (κ3) is 5.58. The number of aliphatic hydroxyl groups is 2. The zero-order valence-corrected chi connectivity index (χ0v) is 15.9. The van der Waals surface area contributed by atoms with Crippen molar-refractivity contribution in [2.45, 2.75) is 6.10 Å². The molecule has 1 saturated heterocycles. The number of nitrogens with zero attached hydrogens (tertiary/aromatic N) is 2. The quantitative estimate of drug-likeness (QED) is 0.638. The molecule has 3 rings (SSSR count). The maximum Gasteiger partial charge on any atom is 0.246 e. The van der Waals surface area contributed by atoms with Gasteiger partial charge < -0.3 is 25.3 Å². The minimum Gasteiger partial charge on any atom is -0.394 e. The van der Waals surface area contributed by atoms with Crippen LogP contribution in [0.4, 0.5) is 11.4 Å². The predicted octanol–water partition coefficient (Wildman–Crippen LogP) is 1.81. The summed E-state index contributed by atoms with van der Waals surface area (Å²) in [4.78, 5) is 16.5. The Morgan fingerprint density at radius 3 is 2.36 bits per heavy atom. The van der Waals surface area contributed by atoms with E-state index in [1.165, 1.54) is 0 Å². The predicted molar refractivity (Wildman–Crippen MR) is 112 cm³/mol. The molecule has 1 atom stereocenters. The van der Waals surface area contributed by atoms with Crippen molar-refractivity contribution in [3.63, 3.8) is 0 Å². The molecule has 3 N–H and O–H groups in total. The summed E-state index contributed by atoms with van der Waals surface area (Å²) in [5.41, 5.74) is 3.03. The molecule has 28 heavy (non-hydrogen) atoms. The molecule has 0 radical (unpaired) electrons. The van der Waals surface area contributed by atoms with Crippen LogP contribution in [0.3, 0.4) is 0 Å². The number of piperazine rings is 1. The van der Waals surface area contributed by atoms with E-state index in [1.54, 1.807) is 6.08 Å². The normalized spacial score (nSPS) is 15.6. The van der Waals surface area contributed by atoms with E-state index in [9.17, 15) is 9.90 Å². The van der Waals surface area contributed by atoms with Gasteiger partial charge in [-0.3, -0.25) is 4.79 Å². The summed E-state index contributed by atoms with van der Waals surface area (Å²) in [6.45, 7) is 3.03. The van der Waals surface area contributed by atoms with E-state index in [1.807, 2.05) is 65.6 Å². The van der Waals surface area contributed by atoms with Crippen molar-refractivity contribution < 1.29 is 15.0 Å². The van der Waals surface area contributed by atoms with Gasteiger partial charge in [-0.15, -0.1) is 0 Å². The number of benzene rings is 2. The minimum absolute atomic E-state index is 0.0468. The molecule has 1 amide bonds. The van der Waals surface area contributed by atoms with E-state index in [2.05, 4.69) is 10.2 Å². The van der Waals surface area contributed by atoms with Crippen LogP contribution in [-0.2, 0) is 4.79 Å². The molecular weight excluding hydrogens is 354 g/mol. The molecule has 1 unspecified atom stereocenters. The Labute approximate surface area is 165 Å². The second-order valence-electron chi connectivity index (χ2n) is 6.82. The fourth-order valence-corrected chi connectivity index (χ4v) is 3.11. The molecule has 0 bridgehead atoms. The monoisotopic (exact) mass is 381 g/mol. The number of hydrogen-bond acceptors (Lipinski definition) is 5. The number of carbonyl (C=O) groups excluding carboxylic acids is 1. The largest absolute Gasteiger partial charge is 0.394 e. The molecular formula is C22H27N3O3. The van der Waals surface area contributed by atoms with Crippen molar-refractivity contribution in [3.05, 3.63) is 66.2 Å². The lowest BCUT2D eigenvalue weighted by molar-refractivity contribution is -0.126. The highest BCUT2D eigenvalue weighted by molar-refractivity contribution is 5.92. The average molecular weight is 381 g/mol. The van der Waals surface area contributed by atoms with Crippen molar-refractivity contribution in [2.24, 2.45) is 0 Å². The maximum atomic E-state index is 12.4. The van der Waals surface area contributed by atoms with E-state index in [-0.39, 0.29) is 12.5 Å². The molecule has 0 spiro atoms.